The molecule has 10 heteroatoms. The largest absolute Gasteiger partial charge is 0.467 e. The smallest absolute Gasteiger partial charge is 0.433 e. The molecule has 0 aliphatic carbocycles. The van der Waals surface area contributed by atoms with Crippen molar-refractivity contribution < 1.29 is 27.5 Å². The van der Waals surface area contributed by atoms with Crippen LogP contribution >= 0.6 is 11.6 Å². The molecule has 1 rings (SSSR count). The quantitative estimate of drug-likeness (QED) is 0.836. The summed E-state index contributed by atoms with van der Waals surface area (Å²) in [6.45, 7) is 1.37. The number of hydrogen-bond donors (Lipinski definition) is 2. The molecule has 0 aliphatic rings. The SMILES string of the molecule is COC(=O)[C@H](C)NC(=O)Nc1cnc(C(F)(F)F)cc1Cl. The Bertz CT molecular complexity index is 551. The second-order valence-electron chi connectivity index (χ2n) is 3.89. The average molecular weight is 326 g/mol. The maximum atomic E-state index is 12.4. The Hall–Kier alpha value is -2.03. The van der Waals surface area contributed by atoms with Crippen LogP contribution in [-0.2, 0) is 15.7 Å². The van der Waals surface area contributed by atoms with Crippen molar-refractivity contribution in [3.63, 3.8) is 0 Å². The number of ether oxygens (including phenoxy) is 1. The zero-order chi connectivity index (χ0) is 16.2. The average Bonchev–Trinajstić information content (AvgIpc) is 2.38. The molecule has 1 aromatic rings. The van der Waals surface area contributed by atoms with Crippen LogP contribution in [0, 0.1) is 0 Å². The van der Waals surface area contributed by atoms with E-state index in [4.69, 9.17) is 11.6 Å². The van der Waals surface area contributed by atoms with Gasteiger partial charge in [0.05, 0.1) is 24.0 Å². The topological polar surface area (TPSA) is 80.3 Å². The van der Waals surface area contributed by atoms with Gasteiger partial charge in [-0.1, -0.05) is 11.6 Å². The van der Waals surface area contributed by atoms with Crippen LogP contribution in [0.15, 0.2) is 12.3 Å². The Kier molecular flexibility index (Phi) is 5.36. The third-order valence-corrected chi connectivity index (χ3v) is 2.61. The molecule has 21 heavy (non-hydrogen) atoms. The van der Waals surface area contributed by atoms with E-state index >= 15 is 0 Å². The van der Waals surface area contributed by atoms with Gasteiger partial charge in [-0.05, 0) is 13.0 Å². The van der Waals surface area contributed by atoms with Gasteiger partial charge < -0.3 is 15.4 Å². The summed E-state index contributed by atoms with van der Waals surface area (Å²) >= 11 is 5.63. The lowest BCUT2D eigenvalue weighted by atomic mass is 10.3. The van der Waals surface area contributed by atoms with Gasteiger partial charge in [0.15, 0.2) is 0 Å². The Morgan fingerprint density at radius 1 is 1.43 bits per heavy atom. The van der Waals surface area contributed by atoms with Crippen LogP contribution in [0.4, 0.5) is 23.7 Å². The molecule has 116 valence electrons. The number of hydrogen-bond acceptors (Lipinski definition) is 4. The number of methoxy groups -OCH3 is 1. The highest BCUT2D eigenvalue weighted by Gasteiger charge is 2.33. The van der Waals surface area contributed by atoms with Gasteiger partial charge >= 0.3 is 18.2 Å². The number of halogens is 4. The number of urea groups is 1. The van der Waals surface area contributed by atoms with E-state index in [9.17, 15) is 22.8 Å². The number of nitrogens with zero attached hydrogens (tertiary/aromatic N) is 1. The van der Waals surface area contributed by atoms with Crippen molar-refractivity contribution in [2.75, 3.05) is 12.4 Å². The molecular formula is C11H11ClF3N3O3. The summed E-state index contributed by atoms with van der Waals surface area (Å²) in [5, 5.41) is 4.06. The van der Waals surface area contributed by atoms with Crippen molar-refractivity contribution in [3.8, 4) is 0 Å². The summed E-state index contributed by atoms with van der Waals surface area (Å²) in [6.07, 6.45) is -3.86. The predicted molar refractivity (Wildman–Crippen MR) is 67.9 cm³/mol. The minimum absolute atomic E-state index is 0.126. The maximum Gasteiger partial charge on any atom is 0.433 e. The lowest BCUT2D eigenvalue weighted by molar-refractivity contribution is -0.142. The molecule has 0 saturated carbocycles. The Labute approximate surface area is 122 Å². The Morgan fingerprint density at radius 3 is 2.52 bits per heavy atom. The highest BCUT2D eigenvalue weighted by molar-refractivity contribution is 6.33. The zero-order valence-electron chi connectivity index (χ0n) is 10.9. The van der Waals surface area contributed by atoms with Gasteiger partial charge in [0.25, 0.3) is 0 Å². The molecule has 0 radical (unpaired) electrons. The van der Waals surface area contributed by atoms with Crippen LogP contribution in [0.2, 0.25) is 5.02 Å². The highest BCUT2D eigenvalue weighted by atomic mass is 35.5. The standard InChI is InChI=1S/C11H11ClF3N3O3/c1-5(9(19)21-2)17-10(20)18-7-4-16-8(3-6(7)12)11(13,14)15/h3-5H,1-2H3,(H2,17,18,20)/t5-/m0/s1. The molecule has 1 heterocycles. The van der Waals surface area contributed by atoms with E-state index in [0.29, 0.717) is 6.07 Å². The van der Waals surface area contributed by atoms with Crippen molar-refractivity contribution in [2.45, 2.75) is 19.1 Å². The van der Waals surface area contributed by atoms with Crippen LogP contribution in [0.5, 0.6) is 0 Å². The molecule has 1 atom stereocenters. The predicted octanol–water partition coefficient (Wildman–Crippen LogP) is 2.44. The van der Waals surface area contributed by atoms with Gasteiger partial charge in [-0.25, -0.2) is 14.6 Å². The van der Waals surface area contributed by atoms with Gasteiger partial charge in [0.1, 0.15) is 11.7 Å². The third kappa shape index (κ3) is 4.78. The van der Waals surface area contributed by atoms with Gasteiger partial charge in [-0.3, -0.25) is 0 Å². The molecule has 0 aromatic carbocycles. The fraction of sp³-hybridized carbons (Fsp3) is 0.364. The molecule has 0 saturated heterocycles. The lowest BCUT2D eigenvalue weighted by Crippen LogP contribution is -2.41. The van der Waals surface area contributed by atoms with Crippen molar-refractivity contribution in [3.05, 3.63) is 23.0 Å². The third-order valence-electron chi connectivity index (χ3n) is 2.29. The van der Waals surface area contributed by atoms with Crippen LogP contribution in [0.1, 0.15) is 12.6 Å². The van der Waals surface area contributed by atoms with E-state index in [2.05, 4.69) is 20.4 Å². The first-order valence-corrected chi connectivity index (χ1v) is 5.91. The number of carbonyl (C=O) groups is 2. The Morgan fingerprint density at radius 2 is 2.05 bits per heavy atom. The molecular weight excluding hydrogens is 315 g/mol. The molecule has 0 fully saturated rings. The molecule has 2 amide bonds. The number of rotatable bonds is 3. The van der Waals surface area contributed by atoms with E-state index in [1.807, 2.05) is 0 Å². The fourth-order valence-electron chi connectivity index (χ4n) is 1.27. The van der Waals surface area contributed by atoms with Crippen LogP contribution in [-0.4, -0.2) is 30.1 Å². The summed E-state index contributed by atoms with van der Waals surface area (Å²) in [4.78, 5) is 25.8. The second kappa shape index (κ2) is 6.61. The molecule has 1 aromatic heterocycles. The molecule has 0 spiro atoms. The normalized spacial score (nSPS) is 12.5. The van der Waals surface area contributed by atoms with Crippen LogP contribution in [0.3, 0.4) is 0 Å². The van der Waals surface area contributed by atoms with Gasteiger partial charge in [0, 0.05) is 0 Å². The highest BCUT2D eigenvalue weighted by Crippen LogP contribution is 2.31. The van der Waals surface area contributed by atoms with Crippen molar-refractivity contribution >= 4 is 29.3 Å². The lowest BCUT2D eigenvalue weighted by Gasteiger charge is -2.13. The number of anilines is 1. The monoisotopic (exact) mass is 325 g/mol. The summed E-state index contributed by atoms with van der Waals surface area (Å²) in [7, 11) is 1.15. The summed E-state index contributed by atoms with van der Waals surface area (Å²) < 4.78 is 41.6. The van der Waals surface area contributed by atoms with E-state index in [-0.39, 0.29) is 10.7 Å². The number of pyridine rings is 1. The number of aromatic nitrogens is 1. The first kappa shape index (κ1) is 17.0. The van der Waals surface area contributed by atoms with Crippen LogP contribution < -0.4 is 10.6 Å². The second-order valence-corrected chi connectivity index (χ2v) is 4.30. The molecule has 0 bridgehead atoms. The first-order valence-electron chi connectivity index (χ1n) is 5.53. The fourth-order valence-corrected chi connectivity index (χ4v) is 1.47. The number of carbonyl (C=O) groups excluding carboxylic acids is 2. The molecule has 0 aliphatic heterocycles. The number of alkyl halides is 3. The van der Waals surface area contributed by atoms with Gasteiger partial charge in [-0.2, -0.15) is 13.2 Å². The van der Waals surface area contributed by atoms with Gasteiger partial charge in [-0.15, -0.1) is 0 Å². The molecule has 6 nitrogen and oxygen atoms in total. The summed E-state index contributed by atoms with van der Waals surface area (Å²) in [5.74, 6) is -0.679. The van der Waals surface area contributed by atoms with Crippen molar-refractivity contribution in [2.24, 2.45) is 0 Å². The maximum absolute atomic E-state index is 12.4. The first-order chi connectivity index (χ1) is 9.65. The molecule has 2 N–H and O–H groups in total. The summed E-state index contributed by atoms with van der Waals surface area (Å²) in [5.41, 5.74) is -1.30. The van der Waals surface area contributed by atoms with Crippen molar-refractivity contribution in [1.29, 1.82) is 0 Å². The summed E-state index contributed by atoms with van der Waals surface area (Å²) in [6, 6.07) is -1.19. The van der Waals surface area contributed by atoms with Crippen LogP contribution in [0.25, 0.3) is 0 Å². The number of esters is 1. The van der Waals surface area contributed by atoms with E-state index in [1.54, 1.807) is 0 Å². The van der Waals surface area contributed by atoms with E-state index in [1.165, 1.54) is 6.92 Å². The number of amides is 2. The zero-order valence-corrected chi connectivity index (χ0v) is 11.7. The minimum atomic E-state index is -4.64. The molecule has 0 unspecified atom stereocenters. The van der Waals surface area contributed by atoms with E-state index in [0.717, 1.165) is 13.3 Å². The number of nitrogens with one attached hydrogen (secondary N) is 2. The van der Waals surface area contributed by atoms with Gasteiger partial charge in [0.2, 0.25) is 0 Å². The minimum Gasteiger partial charge on any atom is -0.467 e. The van der Waals surface area contributed by atoms with E-state index < -0.39 is 29.9 Å². The Balaban J connectivity index is 2.76. The van der Waals surface area contributed by atoms with Crippen molar-refractivity contribution in [1.82, 2.24) is 10.3 Å².